The van der Waals surface area contributed by atoms with E-state index in [4.69, 9.17) is 4.52 Å². The molecule has 1 heterocycles. The lowest BCUT2D eigenvalue weighted by Gasteiger charge is -2.11. The molecule has 0 aliphatic carbocycles. The van der Waals surface area contributed by atoms with Crippen LogP contribution in [0.1, 0.15) is 26.2 Å². The Kier molecular flexibility index (Phi) is 6.24. The van der Waals surface area contributed by atoms with Crippen LogP contribution in [0.2, 0.25) is 0 Å². The SMILES string of the molecule is CCCCCOP(=O)(O)CSc1ccc2ccccc2n1. The average molecular weight is 325 g/mol. The van der Waals surface area contributed by atoms with E-state index in [2.05, 4.69) is 11.9 Å². The zero-order valence-corrected chi connectivity index (χ0v) is 13.8. The van der Waals surface area contributed by atoms with Crippen molar-refractivity contribution in [3.05, 3.63) is 36.4 Å². The molecule has 0 amide bonds. The standard InChI is InChI=1S/C15H20NO3PS/c1-2-3-6-11-19-20(17,18)12-21-15-10-9-13-7-4-5-8-14(13)16-15/h4-5,7-10H,2-3,6,11-12H2,1H3,(H,17,18). The lowest BCUT2D eigenvalue weighted by atomic mass is 10.2. The van der Waals surface area contributed by atoms with E-state index in [1.807, 2.05) is 36.4 Å². The van der Waals surface area contributed by atoms with Crippen LogP contribution in [0.4, 0.5) is 0 Å². The van der Waals surface area contributed by atoms with Crippen molar-refractivity contribution in [3.8, 4) is 0 Å². The van der Waals surface area contributed by atoms with Crippen LogP contribution >= 0.6 is 19.4 Å². The number of hydrogen-bond acceptors (Lipinski definition) is 4. The van der Waals surface area contributed by atoms with E-state index in [1.165, 1.54) is 11.8 Å². The largest absolute Gasteiger partial charge is 0.338 e. The predicted octanol–water partition coefficient (Wildman–Crippen LogP) is 4.68. The highest BCUT2D eigenvalue weighted by atomic mass is 32.2. The first-order chi connectivity index (χ1) is 10.1. The van der Waals surface area contributed by atoms with Crippen LogP contribution in [0.3, 0.4) is 0 Å². The van der Waals surface area contributed by atoms with Gasteiger partial charge in [-0.15, -0.1) is 0 Å². The summed E-state index contributed by atoms with van der Waals surface area (Å²) in [6.45, 7) is 2.42. The third-order valence-corrected chi connectivity index (χ3v) is 5.92. The number of fused-ring (bicyclic) bond motifs is 1. The molecular formula is C15H20NO3PS. The van der Waals surface area contributed by atoms with Crippen LogP contribution in [0.5, 0.6) is 0 Å². The van der Waals surface area contributed by atoms with Gasteiger partial charge in [-0.25, -0.2) is 4.98 Å². The van der Waals surface area contributed by atoms with E-state index < -0.39 is 7.60 Å². The molecule has 1 atom stereocenters. The van der Waals surface area contributed by atoms with Crippen LogP contribution in [0, 0.1) is 0 Å². The summed E-state index contributed by atoms with van der Waals surface area (Å²) < 4.78 is 17.0. The van der Waals surface area contributed by atoms with Crippen molar-refractivity contribution < 1.29 is 14.0 Å². The van der Waals surface area contributed by atoms with Crippen LogP contribution in [0.25, 0.3) is 10.9 Å². The van der Waals surface area contributed by atoms with Gasteiger partial charge in [-0.2, -0.15) is 0 Å². The average Bonchev–Trinajstić information content (AvgIpc) is 2.49. The van der Waals surface area contributed by atoms with Crippen LogP contribution in [0.15, 0.2) is 41.4 Å². The van der Waals surface area contributed by atoms with Gasteiger partial charge in [0.25, 0.3) is 0 Å². The summed E-state index contributed by atoms with van der Waals surface area (Å²) in [7, 11) is -3.54. The fourth-order valence-electron chi connectivity index (χ4n) is 1.87. The van der Waals surface area contributed by atoms with Crippen molar-refractivity contribution in [1.29, 1.82) is 0 Å². The fourth-order valence-corrected chi connectivity index (χ4v) is 4.09. The van der Waals surface area contributed by atoms with Gasteiger partial charge < -0.3 is 9.42 Å². The molecule has 6 heteroatoms. The molecule has 1 aromatic heterocycles. The number of para-hydroxylation sites is 1. The highest BCUT2D eigenvalue weighted by Crippen LogP contribution is 2.46. The predicted molar refractivity (Wildman–Crippen MR) is 87.8 cm³/mol. The van der Waals surface area contributed by atoms with Gasteiger partial charge in [-0.3, -0.25) is 4.57 Å². The molecule has 0 saturated heterocycles. The summed E-state index contributed by atoms with van der Waals surface area (Å²) in [5, 5.41) is 1.80. The molecule has 0 aliphatic heterocycles. The number of unbranched alkanes of at least 4 members (excludes halogenated alkanes) is 2. The van der Waals surface area contributed by atoms with Gasteiger partial charge in [0.2, 0.25) is 0 Å². The third kappa shape index (κ3) is 5.44. The maximum atomic E-state index is 11.9. The second kappa shape index (κ2) is 7.95. The molecule has 0 bridgehead atoms. The van der Waals surface area contributed by atoms with E-state index in [0.29, 0.717) is 6.61 Å². The molecule has 2 aromatic rings. The number of nitrogens with zero attached hydrogens (tertiary/aromatic N) is 1. The number of thioether (sulfide) groups is 1. The number of pyridine rings is 1. The lowest BCUT2D eigenvalue weighted by molar-refractivity contribution is 0.257. The molecular weight excluding hydrogens is 305 g/mol. The van der Waals surface area contributed by atoms with Crippen molar-refractivity contribution in [1.82, 2.24) is 4.98 Å². The normalized spacial score (nSPS) is 14.2. The highest BCUT2D eigenvalue weighted by molar-refractivity contribution is 8.04. The van der Waals surface area contributed by atoms with Crippen LogP contribution < -0.4 is 0 Å². The Bertz CT molecular complexity index is 635. The Morgan fingerprint density at radius 3 is 2.86 bits per heavy atom. The lowest BCUT2D eigenvalue weighted by Crippen LogP contribution is -1.95. The minimum atomic E-state index is -3.54. The Balaban J connectivity index is 1.89. The molecule has 114 valence electrons. The van der Waals surface area contributed by atoms with Gasteiger partial charge in [0.1, 0.15) is 5.49 Å². The van der Waals surface area contributed by atoms with Gasteiger partial charge in [-0.05, 0) is 18.6 Å². The number of aromatic nitrogens is 1. The van der Waals surface area contributed by atoms with E-state index >= 15 is 0 Å². The van der Waals surface area contributed by atoms with E-state index in [9.17, 15) is 9.46 Å². The zero-order chi connectivity index (χ0) is 15.1. The Morgan fingerprint density at radius 1 is 1.24 bits per heavy atom. The maximum absolute atomic E-state index is 11.9. The second-order valence-corrected chi connectivity index (χ2v) is 8.07. The molecule has 2 rings (SSSR count). The number of rotatable bonds is 8. The van der Waals surface area contributed by atoms with Crippen molar-refractivity contribution in [2.24, 2.45) is 0 Å². The fraction of sp³-hybridized carbons (Fsp3) is 0.400. The van der Waals surface area contributed by atoms with E-state index in [0.717, 1.165) is 35.2 Å². The van der Waals surface area contributed by atoms with Gasteiger partial charge in [0.05, 0.1) is 17.1 Å². The summed E-state index contributed by atoms with van der Waals surface area (Å²) in [4.78, 5) is 14.2. The van der Waals surface area contributed by atoms with Gasteiger partial charge in [0.15, 0.2) is 0 Å². The van der Waals surface area contributed by atoms with Crippen molar-refractivity contribution >= 4 is 30.3 Å². The summed E-state index contributed by atoms with van der Waals surface area (Å²) >= 11 is 1.26. The minimum absolute atomic E-state index is 0.0322. The molecule has 21 heavy (non-hydrogen) atoms. The first kappa shape index (κ1) is 16.5. The highest BCUT2D eigenvalue weighted by Gasteiger charge is 2.19. The Morgan fingerprint density at radius 2 is 2.05 bits per heavy atom. The monoisotopic (exact) mass is 325 g/mol. The smallest absolute Gasteiger partial charge is 0.324 e. The van der Waals surface area contributed by atoms with E-state index in [1.54, 1.807) is 0 Å². The van der Waals surface area contributed by atoms with Crippen molar-refractivity contribution in [3.63, 3.8) is 0 Å². The zero-order valence-electron chi connectivity index (χ0n) is 12.1. The molecule has 1 N–H and O–H groups in total. The minimum Gasteiger partial charge on any atom is -0.324 e. The van der Waals surface area contributed by atoms with E-state index in [-0.39, 0.29) is 5.49 Å². The second-order valence-electron chi connectivity index (χ2n) is 4.79. The quantitative estimate of drug-likeness (QED) is 0.434. The van der Waals surface area contributed by atoms with Crippen LogP contribution in [-0.2, 0) is 9.09 Å². The molecule has 1 unspecified atom stereocenters. The van der Waals surface area contributed by atoms with Crippen molar-refractivity contribution in [2.75, 3.05) is 12.1 Å². The molecule has 0 spiro atoms. The summed E-state index contributed by atoms with van der Waals surface area (Å²) in [5.74, 6) is 0. The Hall–Kier alpha value is -0.870. The molecule has 4 nitrogen and oxygen atoms in total. The summed E-state index contributed by atoms with van der Waals surface area (Å²) in [5.41, 5.74) is 0.920. The van der Waals surface area contributed by atoms with Crippen LogP contribution in [-0.4, -0.2) is 22.0 Å². The molecule has 0 aliphatic rings. The first-order valence-electron chi connectivity index (χ1n) is 7.06. The summed E-state index contributed by atoms with van der Waals surface area (Å²) in [6.07, 6.45) is 2.90. The number of hydrogen-bond donors (Lipinski definition) is 1. The topological polar surface area (TPSA) is 59.4 Å². The Labute approximate surface area is 129 Å². The molecule has 0 radical (unpaired) electrons. The number of benzene rings is 1. The van der Waals surface area contributed by atoms with Gasteiger partial charge in [0, 0.05) is 5.39 Å². The van der Waals surface area contributed by atoms with Gasteiger partial charge >= 0.3 is 7.60 Å². The molecule has 0 saturated carbocycles. The molecule has 1 aromatic carbocycles. The van der Waals surface area contributed by atoms with Gasteiger partial charge in [-0.1, -0.05) is 55.8 Å². The van der Waals surface area contributed by atoms with Crippen molar-refractivity contribution in [2.45, 2.75) is 31.2 Å². The maximum Gasteiger partial charge on any atom is 0.338 e. The third-order valence-electron chi connectivity index (χ3n) is 2.99. The molecule has 0 fully saturated rings. The summed E-state index contributed by atoms with van der Waals surface area (Å²) in [6, 6.07) is 11.6. The first-order valence-corrected chi connectivity index (χ1v) is 9.80.